The number of nitrogens with zero attached hydrogens (tertiary/aromatic N) is 1. The first kappa shape index (κ1) is 15.4. The van der Waals surface area contributed by atoms with Gasteiger partial charge in [0, 0.05) is 6.54 Å². The van der Waals surface area contributed by atoms with Crippen molar-refractivity contribution in [3.05, 3.63) is 35.4 Å². The molecule has 0 radical (unpaired) electrons. The Hall–Kier alpha value is -2.04. The fraction of sp³-hybridized carbons (Fsp3) is 0.500. The molecule has 0 bridgehead atoms. The normalized spacial score (nSPS) is 17.6. The molecular formula is C16H22N2O3. The molecule has 1 fully saturated rings. The summed E-state index contributed by atoms with van der Waals surface area (Å²) in [6.07, 6.45) is 1.93. The van der Waals surface area contributed by atoms with Crippen molar-refractivity contribution < 1.29 is 14.3 Å². The third-order valence-corrected chi connectivity index (χ3v) is 3.75. The lowest BCUT2D eigenvalue weighted by Crippen LogP contribution is -2.42. The summed E-state index contributed by atoms with van der Waals surface area (Å²) in [7, 11) is 0. The SMILES string of the molecule is CCOC(=O)CNC(=O)N1CCCC1c1ccccc1C. The van der Waals surface area contributed by atoms with E-state index in [0.29, 0.717) is 13.2 Å². The van der Waals surface area contributed by atoms with E-state index in [2.05, 4.69) is 24.4 Å². The number of urea groups is 1. The molecule has 1 atom stereocenters. The van der Waals surface area contributed by atoms with E-state index in [4.69, 9.17) is 4.74 Å². The number of carbonyl (C=O) groups is 2. The van der Waals surface area contributed by atoms with Crippen molar-refractivity contribution >= 4 is 12.0 Å². The summed E-state index contributed by atoms with van der Waals surface area (Å²) >= 11 is 0. The van der Waals surface area contributed by atoms with Crippen LogP contribution in [-0.2, 0) is 9.53 Å². The molecule has 114 valence electrons. The molecule has 1 aliphatic rings. The molecule has 1 unspecified atom stereocenters. The van der Waals surface area contributed by atoms with Crippen LogP contribution in [0, 0.1) is 6.92 Å². The van der Waals surface area contributed by atoms with Crippen molar-refractivity contribution in [1.82, 2.24) is 10.2 Å². The highest BCUT2D eigenvalue weighted by Gasteiger charge is 2.30. The third kappa shape index (κ3) is 3.74. The summed E-state index contributed by atoms with van der Waals surface area (Å²) in [5, 5.41) is 2.64. The van der Waals surface area contributed by atoms with Gasteiger partial charge in [0.1, 0.15) is 6.54 Å². The number of nitrogens with one attached hydrogen (secondary N) is 1. The monoisotopic (exact) mass is 290 g/mol. The molecule has 21 heavy (non-hydrogen) atoms. The third-order valence-electron chi connectivity index (χ3n) is 3.75. The van der Waals surface area contributed by atoms with Gasteiger partial charge in [-0.05, 0) is 37.8 Å². The number of likely N-dealkylation sites (tertiary alicyclic amines) is 1. The molecule has 0 aliphatic carbocycles. The maximum Gasteiger partial charge on any atom is 0.325 e. The minimum Gasteiger partial charge on any atom is -0.465 e. The smallest absolute Gasteiger partial charge is 0.325 e. The van der Waals surface area contributed by atoms with Crippen LogP contribution in [0.4, 0.5) is 4.79 Å². The first-order valence-electron chi connectivity index (χ1n) is 7.39. The summed E-state index contributed by atoms with van der Waals surface area (Å²) < 4.78 is 4.81. The van der Waals surface area contributed by atoms with Gasteiger partial charge < -0.3 is 15.0 Å². The predicted molar refractivity (Wildman–Crippen MR) is 79.9 cm³/mol. The van der Waals surface area contributed by atoms with Crippen LogP contribution in [0.25, 0.3) is 0 Å². The maximum absolute atomic E-state index is 12.3. The molecular weight excluding hydrogens is 268 g/mol. The highest BCUT2D eigenvalue weighted by Crippen LogP contribution is 2.33. The number of carbonyl (C=O) groups excluding carboxylic acids is 2. The van der Waals surface area contributed by atoms with E-state index < -0.39 is 5.97 Å². The summed E-state index contributed by atoms with van der Waals surface area (Å²) in [5.41, 5.74) is 2.37. The van der Waals surface area contributed by atoms with Gasteiger partial charge in [-0.2, -0.15) is 0 Å². The molecule has 1 heterocycles. The van der Waals surface area contributed by atoms with E-state index in [0.717, 1.165) is 12.8 Å². The van der Waals surface area contributed by atoms with E-state index in [1.54, 1.807) is 6.92 Å². The molecule has 2 rings (SSSR count). The zero-order valence-electron chi connectivity index (χ0n) is 12.6. The van der Waals surface area contributed by atoms with Gasteiger partial charge in [-0.15, -0.1) is 0 Å². The van der Waals surface area contributed by atoms with Crippen LogP contribution in [0.15, 0.2) is 24.3 Å². The Bertz CT molecular complexity index is 516. The molecule has 5 nitrogen and oxygen atoms in total. The second-order valence-corrected chi connectivity index (χ2v) is 5.17. The molecule has 0 saturated carbocycles. The van der Waals surface area contributed by atoms with Crippen LogP contribution in [0.1, 0.15) is 36.9 Å². The number of ether oxygens (including phenoxy) is 1. The van der Waals surface area contributed by atoms with Gasteiger partial charge in [-0.25, -0.2) is 4.79 Å². The molecule has 0 aromatic heterocycles. The maximum atomic E-state index is 12.3. The lowest BCUT2D eigenvalue weighted by molar-refractivity contribution is -0.141. The van der Waals surface area contributed by atoms with Crippen LogP contribution < -0.4 is 5.32 Å². The number of amides is 2. The largest absolute Gasteiger partial charge is 0.465 e. The van der Waals surface area contributed by atoms with Crippen molar-refractivity contribution in [2.45, 2.75) is 32.7 Å². The number of esters is 1. The van der Waals surface area contributed by atoms with E-state index in [1.165, 1.54) is 11.1 Å². The summed E-state index contributed by atoms with van der Waals surface area (Å²) in [6.45, 7) is 4.76. The van der Waals surface area contributed by atoms with Gasteiger partial charge in [0.05, 0.1) is 12.6 Å². The first-order valence-corrected chi connectivity index (χ1v) is 7.39. The number of hydrogen-bond donors (Lipinski definition) is 1. The van der Waals surface area contributed by atoms with Gasteiger partial charge in [0.15, 0.2) is 0 Å². The minimum absolute atomic E-state index is 0.0797. The van der Waals surface area contributed by atoms with Crippen molar-refractivity contribution in [1.29, 1.82) is 0 Å². The lowest BCUT2D eigenvalue weighted by Gasteiger charge is -2.26. The van der Waals surface area contributed by atoms with Gasteiger partial charge in [-0.3, -0.25) is 4.79 Å². The van der Waals surface area contributed by atoms with Crippen molar-refractivity contribution in [3.8, 4) is 0 Å². The van der Waals surface area contributed by atoms with Crippen LogP contribution >= 0.6 is 0 Å². The molecule has 0 spiro atoms. The Balaban J connectivity index is 2.00. The highest BCUT2D eigenvalue weighted by atomic mass is 16.5. The summed E-state index contributed by atoms with van der Waals surface area (Å²) in [4.78, 5) is 25.4. The molecule has 1 aromatic carbocycles. The van der Waals surface area contributed by atoms with Crippen molar-refractivity contribution in [2.24, 2.45) is 0 Å². The fourth-order valence-electron chi connectivity index (χ4n) is 2.76. The van der Waals surface area contributed by atoms with Gasteiger partial charge in [0.25, 0.3) is 0 Å². The molecule has 1 aromatic rings. The molecule has 2 amide bonds. The number of aryl methyl sites for hydroxylation is 1. The molecule has 1 N–H and O–H groups in total. The Morgan fingerprint density at radius 3 is 2.86 bits per heavy atom. The zero-order valence-corrected chi connectivity index (χ0v) is 12.6. The van der Waals surface area contributed by atoms with Crippen molar-refractivity contribution in [2.75, 3.05) is 19.7 Å². The van der Waals surface area contributed by atoms with Gasteiger partial charge in [0.2, 0.25) is 0 Å². The summed E-state index contributed by atoms with van der Waals surface area (Å²) in [5.74, 6) is -0.405. The Morgan fingerprint density at radius 1 is 1.38 bits per heavy atom. The second-order valence-electron chi connectivity index (χ2n) is 5.17. The Labute approximate surface area is 125 Å². The fourth-order valence-corrected chi connectivity index (χ4v) is 2.76. The average Bonchev–Trinajstić information content (AvgIpc) is 2.95. The quantitative estimate of drug-likeness (QED) is 0.866. The summed E-state index contributed by atoms with van der Waals surface area (Å²) in [6, 6.07) is 8.01. The minimum atomic E-state index is -0.405. The lowest BCUT2D eigenvalue weighted by atomic mass is 9.99. The van der Waals surface area contributed by atoms with Crippen LogP contribution in [0.2, 0.25) is 0 Å². The second kappa shape index (κ2) is 7.11. The number of benzene rings is 1. The average molecular weight is 290 g/mol. The van der Waals surface area contributed by atoms with E-state index in [-0.39, 0.29) is 18.6 Å². The van der Waals surface area contributed by atoms with Crippen LogP contribution in [-0.4, -0.2) is 36.6 Å². The first-order chi connectivity index (χ1) is 10.1. The van der Waals surface area contributed by atoms with Gasteiger partial charge in [-0.1, -0.05) is 24.3 Å². The molecule has 1 aliphatic heterocycles. The zero-order chi connectivity index (χ0) is 15.2. The van der Waals surface area contributed by atoms with Crippen LogP contribution in [0.5, 0.6) is 0 Å². The van der Waals surface area contributed by atoms with Gasteiger partial charge >= 0.3 is 12.0 Å². The molecule has 5 heteroatoms. The van der Waals surface area contributed by atoms with E-state index >= 15 is 0 Å². The van der Waals surface area contributed by atoms with E-state index in [9.17, 15) is 9.59 Å². The highest BCUT2D eigenvalue weighted by molar-refractivity contribution is 5.81. The molecule has 1 saturated heterocycles. The topological polar surface area (TPSA) is 58.6 Å². The Morgan fingerprint density at radius 2 is 2.14 bits per heavy atom. The predicted octanol–water partition coefficient (Wildman–Crippen LogP) is 2.40. The van der Waals surface area contributed by atoms with E-state index in [1.807, 2.05) is 17.0 Å². The number of hydrogen-bond acceptors (Lipinski definition) is 3. The number of rotatable bonds is 4. The standard InChI is InChI=1S/C16H22N2O3/c1-3-21-15(19)11-17-16(20)18-10-6-9-14(18)13-8-5-4-7-12(13)2/h4-5,7-8,14H,3,6,9-11H2,1-2H3,(H,17,20). The van der Waals surface area contributed by atoms with Crippen molar-refractivity contribution in [3.63, 3.8) is 0 Å². The Kier molecular flexibility index (Phi) is 5.20. The van der Waals surface area contributed by atoms with Crippen LogP contribution in [0.3, 0.4) is 0 Å².